The number of nitrogens with zero attached hydrogens (tertiary/aromatic N) is 1. The minimum absolute atomic E-state index is 0.257. The van der Waals surface area contributed by atoms with E-state index in [-0.39, 0.29) is 5.54 Å². The SMILES string of the molecule is C=CC(c1ccccc1)(c1ccccc1)N1CC=CCC1. The minimum Gasteiger partial charge on any atom is -0.283 e. The van der Waals surface area contributed by atoms with E-state index in [0.29, 0.717) is 0 Å². The minimum atomic E-state index is -0.257. The zero-order valence-corrected chi connectivity index (χ0v) is 12.3. The molecule has 0 aromatic heterocycles. The van der Waals surface area contributed by atoms with Crippen molar-refractivity contribution in [3.8, 4) is 0 Å². The van der Waals surface area contributed by atoms with E-state index in [1.807, 2.05) is 0 Å². The summed E-state index contributed by atoms with van der Waals surface area (Å²) >= 11 is 0. The van der Waals surface area contributed by atoms with Crippen molar-refractivity contribution in [2.45, 2.75) is 12.0 Å². The quantitative estimate of drug-likeness (QED) is 0.749. The highest BCUT2D eigenvalue weighted by Crippen LogP contribution is 2.38. The highest BCUT2D eigenvalue weighted by Gasteiger charge is 2.37. The number of rotatable bonds is 4. The van der Waals surface area contributed by atoms with Crippen LogP contribution in [0.3, 0.4) is 0 Å². The van der Waals surface area contributed by atoms with E-state index in [4.69, 9.17) is 0 Å². The first-order valence-electron chi connectivity index (χ1n) is 7.52. The van der Waals surface area contributed by atoms with Crippen LogP contribution < -0.4 is 0 Å². The second-order valence-electron chi connectivity index (χ2n) is 5.41. The summed E-state index contributed by atoms with van der Waals surface area (Å²) in [4.78, 5) is 2.50. The Morgan fingerprint density at radius 2 is 1.43 bits per heavy atom. The zero-order chi connectivity index (χ0) is 14.5. The summed E-state index contributed by atoms with van der Waals surface area (Å²) in [5, 5.41) is 0. The van der Waals surface area contributed by atoms with Gasteiger partial charge in [0.1, 0.15) is 0 Å². The molecule has 1 aliphatic heterocycles. The highest BCUT2D eigenvalue weighted by molar-refractivity contribution is 5.43. The van der Waals surface area contributed by atoms with Crippen molar-refractivity contribution in [2.24, 2.45) is 0 Å². The van der Waals surface area contributed by atoms with Gasteiger partial charge in [0, 0.05) is 13.1 Å². The number of benzene rings is 2. The largest absolute Gasteiger partial charge is 0.283 e. The van der Waals surface area contributed by atoms with Gasteiger partial charge in [-0.25, -0.2) is 0 Å². The molecule has 0 atom stereocenters. The summed E-state index contributed by atoms with van der Waals surface area (Å²) < 4.78 is 0. The Labute approximate surface area is 127 Å². The Hall–Kier alpha value is -2.12. The standard InChI is InChI=1S/C20H21N/c1-2-20(18-12-6-3-7-13-18,19-14-8-4-9-15-19)21-16-10-5-11-17-21/h2-10,12-15H,1,11,16-17H2. The molecule has 2 aromatic carbocycles. The molecule has 0 saturated heterocycles. The van der Waals surface area contributed by atoms with Crippen molar-refractivity contribution < 1.29 is 0 Å². The van der Waals surface area contributed by atoms with Gasteiger partial charge in [0.15, 0.2) is 0 Å². The molecule has 0 saturated carbocycles. The van der Waals surface area contributed by atoms with Gasteiger partial charge < -0.3 is 0 Å². The Morgan fingerprint density at radius 1 is 0.857 bits per heavy atom. The molecule has 1 heteroatoms. The van der Waals surface area contributed by atoms with E-state index < -0.39 is 0 Å². The molecular formula is C20H21N. The lowest BCUT2D eigenvalue weighted by Gasteiger charge is -2.43. The van der Waals surface area contributed by atoms with E-state index in [1.54, 1.807) is 0 Å². The van der Waals surface area contributed by atoms with Gasteiger partial charge in [-0.1, -0.05) is 78.9 Å². The lowest BCUT2D eigenvalue weighted by atomic mass is 9.80. The average Bonchev–Trinajstić information content (AvgIpc) is 2.59. The monoisotopic (exact) mass is 275 g/mol. The van der Waals surface area contributed by atoms with E-state index in [0.717, 1.165) is 19.5 Å². The number of hydrogen-bond donors (Lipinski definition) is 0. The van der Waals surface area contributed by atoms with Crippen LogP contribution >= 0.6 is 0 Å². The summed E-state index contributed by atoms with van der Waals surface area (Å²) in [6, 6.07) is 21.4. The predicted octanol–water partition coefficient (Wildman–Crippen LogP) is 4.38. The van der Waals surface area contributed by atoms with Crippen molar-refractivity contribution in [1.82, 2.24) is 4.90 Å². The van der Waals surface area contributed by atoms with Crippen LogP contribution in [0, 0.1) is 0 Å². The molecule has 0 radical (unpaired) electrons. The summed E-state index contributed by atoms with van der Waals surface area (Å²) in [6.45, 7) is 6.20. The second kappa shape index (κ2) is 6.11. The molecule has 3 rings (SSSR count). The fourth-order valence-electron chi connectivity index (χ4n) is 3.24. The van der Waals surface area contributed by atoms with Crippen LogP contribution in [0.1, 0.15) is 17.5 Å². The third-order valence-electron chi connectivity index (χ3n) is 4.28. The van der Waals surface area contributed by atoms with Crippen LogP contribution in [0.2, 0.25) is 0 Å². The normalized spacial score (nSPS) is 15.8. The first kappa shape index (κ1) is 13.8. The molecule has 106 valence electrons. The third kappa shape index (κ3) is 2.45. The van der Waals surface area contributed by atoms with Crippen molar-refractivity contribution in [1.29, 1.82) is 0 Å². The first-order chi connectivity index (χ1) is 10.4. The molecule has 0 spiro atoms. The molecule has 0 bridgehead atoms. The second-order valence-corrected chi connectivity index (χ2v) is 5.41. The zero-order valence-electron chi connectivity index (χ0n) is 12.3. The van der Waals surface area contributed by atoms with Crippen LogP contribution in [-0.2, 0) is 5.54 Å². The van der Waals surface area contributed by atoms with Gasteiger partial charge >= 0.3 is 0 Å². The molecule has 0 amide bonds. The molecule has 21 heavy (non-hydrogen) atoms. The van der Waals surface area contributed by atoms with E-state index >= 15 is 0 Å². The molecule has 0 unspecified atom stereocenters. The molecule has 0 fully saturated rings. The maximum Gasteiger partial charge on any atom is 0.0902 e. The Kier molecular flexibility index (Phi) is 4.03. The molecule has 2 aromatic rings. The van der Waals surface area contributed by atoms with Gasteiger partial charge in [0.05, 0.1) is 5.54 Å². The van der Waals surface area contributed by atoms with E-state index in [9.17, 15) is 0 Å². The first-order valence-corrected chi connectivity index (χ1v) is 7.52. The van der Waals surface area contributed by atoms with Gasteiger partial charge in [0.25, 0.3) is 0 Å². The van der Waals surface area contributed by atoms with Gasteiger partial charge in [-0.3, -0.25) is 4.90 Å². The topological polar surface area (TPSA) is 3.24 Å². The van der Waals surface area contributed by atoms with E-state index in [2.05, 4.69) is 90.4 Å². The van der Waals surface area contributed by atoms with E-state index in [1.165, 1.54) is 11.1 Å². The number of hydrogen-bond acceptors (Lipinski definition) is 1. The van der Waals surface area contributed by atoms with Crippen LogP contribution in [0.25, 0.3) is 0 Å². The van der Waals surface area contributed by atoms with Crippen LogP contribution in [0.4, 0.5) is 0 Å². The summed E-state index contributed by atoms with van der Waals surface area (Å²) in [5.41, 5.74) is 2.30. The van der Waals surface area contributed by atoms with Crippen LogP contribution in [0.15, 0.2) is 85.5 Å². The predicted molar refractivity (Wildman–Crippen MR) is 89.2 cm³/mol. The lowest BCUT2D eigenvalue weighted by molar-refractivity contribution is 0.180. The Bertz CT molecular complexity index is 573. The third-order valence-corrected chi connectivity index (χ3v) is 4.28. The van der Waals surface area contributed by atoms with Crippen molar-refractivity contribution in [3.63, 3.8) is 0 Å². The van der Waals surface area contributed by atoms with Gasteiger partial charge in [0.2, 0.25) is 0 Å². The molecule has 1 aliphatic rings. The average molecular weight is 275 g/mol. The molecule has 1 nitrogen and oxygen atoms in total. The smallest absolute Gasteiger partial charge is 0.0902 e. The van der Waals surface area contributed by atoms with Gasteiger partial charge in [-0.15, -0.1) is 6.58 Å². The molecular weight excluding hydrogens is 254 g/mol. The fraction of sp³-hybridized carbons (Fsp3) is 0.200. The highest BCUT2D eigenvalue weighted by atomic mass is 15.2. The lowest BCUT2D eigenvalue weighted by Crippen LogP contribution is -2.47. The summed E-state index contributed by atoms with van der Waals surface area (Å²) in [5.74, 6) is 0. The van der Waals surface area contributed by atoms with Gasteiger partial charge in [-0.2, -0.15) is 0 Å². The molecule has 1 heterocycles. The summed E-state index contributed by atoms with van der Waals surface area (Å²) in [6.07, 6.45) is 7.71. The maximum absolute atomic E-state index is 4.20. The maximum atomic E-state index is 4.20. The Balaban J connectivity index is 2.17. The van der Waals surface area contributed by atoms with Gasteiger partial charge in [-0.05, 0) is 17.5 Å². The van der Waals surface area contributed by atoms with Crippen LogP contribution in [0.5, 0.6) is 0 Å². The fourth-order valence-corrected chi connectivity index (χ4v) is 3.24. The molecule has 0 aliphatic carbocycles. The van der Waals surface area contributed by atoms with Crippen molar-refractivity contribution in [2.75, 3.05) is 13.1 Å². The molecule has 0 N–H and O–H groups in total. The van der Waals surface area contributed by atoms with Crippen molar-refractivity contribution >= 4 is 0 Å². The summed E-state index contributed by atoms with van der Waals surface area (Å²) in [7, 11) is 0. The Morgan fingerprint density at radius 3 is 1.86 bits per heavy atom. The van der Waals surface area contributed by atoms with Crippen LogP contribution in [-0.4, -0.2) is 18.0 Å². The van der Waals surface area contributed by atoms with Crippen molar-refractivity contribution in [3.05, 3.63) is 96.6 Å².